The van der Waals surface area contributed by atoms with Crippen LogP contribution in [0.1, 0.15) is 78.1 Å². The van der Waals surface area contributed by atoms with Gasteiger partial charge in [-0.05, 0) is 93.3 Å². The third-order valence-corrected chi connectivity index (χ3v) is 8.52. The minimum atomic E-state index is -0.883. The number of ether oxygens (including phenoxy) is 1. The predicted molar refractivity (Wildman–Crippen MR) is 125 cm³/mol. The number of rotatable bonds is 11. The Morgan fingerprint density at radius 3 is 2.00 bits per heavy atom. The molecule has 0 heterocycles. The van der Waals surface area contributed by atoms with Crippen molar-refractivity contribution in [3.63, 3.8) is 0 Å². The van der Waals surface area contributed by atoms with E-state index in [1.54, 1.807) is 0 Å². The smallest absolute Gasteiger partial charge is 0.309 e. The molecule has 0 aromatic rings. The Labute approximate surface area is 203 Å². The molecule has 0 bridgehead atoms. The van der Waals surface area contributed by atoms with Gasteiger partial charge in [0.05, 0.1) is 38.3 Å². The molecule has 3 saturated carbocycles. The fraction of sp³-hybridized carbons (Fsp3) is 0.923. The molecule has 0 aromatic heterocycles. The molecular formula is C26H44O8. The Morgan fingerprint density at radius 1 is 0.706 bits per heavy atom. The van der Waals surface area contributed by atoms with E-state index < -0.39 is 17.8 Å². The van der Waals surface area contributed by atoms with Gasteiger partial charge in [-0.15, -0.1) is 0 Å². The van der Waals surface area contributed by atoms with E-state index in [1.807, 2.05) is 0 Å². The molecule has 3 rings (SSSR count). The van der Waals surface area contributed by atoms with Gasteiger partial charge in [-0.3, -0.25) is 14.8 Å². The van der Waals surface area contributed by atoms with Crippen LogP contribution >= 0.6 is 0 Å². The molecule has 8 heteroatoms. The van der Waals surface area contributed by atoms with Crippen LogP contribution in [-0.2, 0) is 29.0 Å². The summed E-state index contributed by atoms with van der Waals surface area (Å²) in [5, 5.41) is 18.3. The van der Waals surface area contributed by atoms with E-state index in [1.165, 1.54) is 0 Å². The monoisotopic (exact) mass is 484 g/mol. The summed E-state index contributed by atoms with van der Waals surface area (Å²) in [6.07, 6.45) is 9.23. The molecule has 8 nitrogen and oxygen atoms in total. The first-order chi connectivity index (χ1) is 16.4. The zero-order valence-electron chi connectivity index (χ0n) is 20.9. The molecule has 0 saturated heterocycles. The summed E-state index contributed by atoms with van der Waals surface area (Å²) in [5.74, 6) is 0.0911. The Kier molecular flexibility index (Phi) is 11.1. The number of carboxylic acid groups (broad SMARTS) is 1. The quantitative estimate of drug-likeness (QED) is 0.183. The molecule has 0 amide bonds. The molecule has 196 valence electrons. The first kappa shape index (κ1) is 27.4. The van der Waals surface area contributed by atoms with E-state index in [2.05, 4.69) is 18.7 Å². The third-order valence-electron chi connectivity index (χ3n) is 8.52. The Balaban J connectivity index is 1.30. The lowest BCUT2D eigenvalue weighted by molar-refractivity contribution is -0.316. The average Bonchev–Trinajstić information content (AvgIpc) is 2.82. The van der Waals surface area contributed by atoms with Crippen molar-refractivity contribution in [3.8, 4) is 0 Å². The van der Waals surface area contributed by atoms with E-state index in [4.69, 9.17) is 19.8 Å². The first-order valence-electron chi connectivity index (χ1n) is 13.3. The molecule has 3 aliphatic rings. The van der Waals surface area contributed by atoms with Crippen LogP contribution in [0, 0.1) is 47.3 Å². The Morgan fingerprint density at radius 2 is 1.32 bits per heavy atom. The van der Waals surface area contributed by atoms with Gasteiger partial charge in [0.1, 0.15) is 0 Å². The lowest BCUT2D eigenvalue weighted by Gasteiger charge is -2.33. The zero-order chi connectivity index (χ0) is 24.5. The summed E-state index contributed by atoms with van der Waals surface area (Å²) in [6, 6.07) is 0. The number of hydrogen-bond acceptors (Lipinski definition) is 7. The van der Waals surface area contributed by atoms with Crippen LogP contribution in [0.25, 0.3) is 0 Å². The molecular weight excluding hydrogens is 440 g/mol. The van der Waals surface area contributed by atoms with E-state index in [9.17, 15) is 14.7 Å². The second-order valence-electron chi connectivity index (χ2n) is 11.3. The maximum absolute atomic E-state index is 12.6. The van der Waals surface area contributed by atoms with Crippen LogP contribution in [0.3, 0.4) is 0 Å². The van der Waals surface area contributed by atoms with E-state index in [0.29, 0.717) is 74.8 Å². The van der Waals surface area contributed by atoms with Crippen LogP contribution in [0.15, 0.2) is 0 Å². The van der Waals surface area contributed by atoms with Crippen LogP contribution in [-0.4, -0.2) is 48.7 Å². The summed E-state index contributed by atoms with van der Waals surface area (Å²) in [4.78, 5) is 39.6. The van der Waals surface area contributed by atoms with Crippen molar-refractivity contribution in [2.45, 2.75) is 78.1 Å². The third kappa shape index (κ3) is 8.18. The van der Waals surface area contributed by atoms with Gasteiger partial charge < -0.3 is 9.84 Å². The molecule has 3 aliphatic carbocycles. The second kappa shape index (κ2) is 13.8. The normalized spacial score (nSPS) is 36.7. The van der Waals surface area contributed by atoms with Crippen molar-refractivity contribution >= 4 is 11.9 Å². The maximum atomic E-state index is 12.6. The van der Waals surface area contributed by atoms with Gasteiger partial charge in [0.2, 0.25) is 0 Å². The molecule has 0 spiro atoms. The van der Waals surface area contributed by atoms with E-state index in [0.717, 1.165) is 51.4 Å². The highest BCUT2D eigenvalue weighted by atomic mass is 17.2. The van der Waals surface area contributed by atoms with Crippen LogP contribution in [0.2, 0.25) is 0 Å². The SMILES string of the molecule is CC1CCC(COO)C(COOCC2CCC(COC(=O)C3CC(C)CCC3C(=O)O)CC2)C1. The van der Waals surface area contributed by atoms with Crippen molar-refractivity contribution in [1.82, 2.24) is 0 Å². The minimum absolute atomic E-state index is 0.311. The number of esters is 1. The minimum Gasteiger partial charge on any atom is -0.481 e. The van der Waals surface area contributed by atoms with Crippen molar-refractivity contribution in [2.24, 2.45) is 47.3 Å². The number of hydrogen-bond donors (Lipinski definition) is 2. The largest absolute Gasteiger partial charge is 0.481 e. The molecule has 0 aromatic carbocycles. The van der Waals surface area contributed by atoms with Crippen molar-refractivity contribution in [2.75, 3.05) is 26.4 Å². The Bertz CT molecular complexity index is 632. The fourth-order valence-electron chi connectivity index (χ4n) is 6.17. The van der Waals surface area contributed by atoms with Gasteiger partial charge in [-0.2, -0.15) is 0 Å². The molecule has 3 fully saturated rings. The maximum Gasteiger partial charge on any atom is 0.309 e. The topological polar surface area (TPSA) is 112 Å². The Hall–Kier alpha value is -1.22. The van der Waals surface area contributed by atoms with E-state index in [-0.39, 0.29) is 5.97 Å². The van der Waals surface area contributed by atoms with Crippen molar-refractivity contribution < 1.29 is 39.4 Å². The summed E-state index contributed by atoms with van der Waals surface area (Å²) < 4.78 is 5.60. The zero-order valence-corrected chi connectivity index (χ0v) is 20.9. The fourth-order valence-corrected chi connectivity index (χ4v) is 6.17. The molecule has 0 aliphatic heterocycles. The highest BCUT2D eigenvalue weighted by Crippen LogP contribution is 2.36. The van der Waals surface area contributed by atoms with Crippen molar-refractivity contribution in [3.05, 3.63) is 0 Å². The lowest BCUT2D eigenvalue weighted by Crippen LogP contribution is -2.37. The van der Waals surface area contributed by atoms with Gasteiger partial charge in [-0.1, -0.05) is 20.3 Å². The number of carbonyl (C=O) groups excluding carboxylic acids is 1. The summed E-state index contributed by atoms with van der Waals surface area (Å²) in [7, 11) is 0. The van der Waals surface area contributed by atoms with Gasteiger partial charge in [0, 0.05) is 0 Å². The first-order valence-corrected chi connectivity index (χ1v) is 13.3. The lowest BCUT2D eigenvalue weighted by atomic mass is 9.74. The highest BCUT2D eigenvalue weighted by molar-refractivity contribution is 5.81. The number of carboxylic acids is 1. The summed E-state index contributed by atoms with van der Waals surface area (Å²) >= 11 is 0. The number of carbonyl (C=O) groups is 2. The molecule has 2 N–H and O–H groups in total. The highest BCUT2D eigenvalue weighted by Gasteiger charge is 2.39. The van der Waals surface area contributed by atoms with Gasteiger partial charge in [-0.25, -0.2) is 14.7 Å². The second-order valence-corrected chi connectivity index (χ2v) is 11.3. The van der Waals surface area contributed by atoms with Crippen LogP contribution < -0.4 is 0 Å². The van der Waals surface area contributed by atoms with Crippen LogP contribution in [0.5, 0.6) is 0 Å². The average molecular weight is 485 g/mol. The van der Waals surface area contributed by atoms with Gasteiger partial charge in [0.15, 0.2) is 0 Å². The van der Waals surface area contributed by atoms with Crippen molar-refractivity contribution in [1.29, 1.82) is 0 Å². The van der Waals surface area contributed by atoms with E-state index >= 15 is 0 Å². The summed E-state index contributed by atoms with van der Waals surface area (Å²) in [6.45, 7) is 6.15. The van der Waals surface area contributed by atoms with Gasteiger partial charge in [0.25, 0.3) is 0 Å². The van der Waals surface area contributed by atoms with Gasteiger partial charge >= 0.3 is 11.9 Å². The molecule has 6 atom stereocenters. The van der Waals surface area contributed by atoms with Crippen LogP contribution in [0.4, 0.5) is 0 Å². The molecule has 0 radical (unpaired) electrons. The summed E-state index contributed by atoms with van der Waals surface area (Å²) in [5.41, 5.74) is 0. The number of aliphatic carboxylic acids is 1. The molecule has 34 heavy (non-hydrogen) atoms. The standard InChI is InChI=1S/C26H44O8/c1-17-3-9-21(15-32-30)22(11-17)16-34-33-14-20-7-5-19(6-8-20)13-31-26(29)24-12-18(2)4-10-23(24)25(27)28/h17-24,30H,3-16H2,1-2H3,(H,27,28). The predicted octanol–water partition coefficient (Wildman–Crippen LogP) is 4.96. The molecule has 6 unspecified atom stereocenters.